The van der Waals surface area contributed by atoms with Crippen LogP contribution in [0, 0.1) is 6.92 Å². The lowest BCUT2D eigenvalue weighted by Gasteiger charge is -2.08. The number of nitrogens with zero attached hydrogens (tertiary/aromatic N) is 1. The van der Waals surface area contributed by atoms with Crippen LogP contribution in [0.4, 0.5) is 0 Å². The second-order valence-corrected chi connectivity index (χ2v) is 5.03. The number of hydrogen-bond acceptors (Lipinski definition) is 3. The molecular weight excluding hydrogens is 306 g/mol. The van der Waals surface area contributed by atoms with Crippen molar-refractivity contribution in [2.24, 2.45) is 0 Å². The highest BCUT2D eigenvalue weighted by molar-refractivity contribution is 9.10. The fourth-order valence-electron chi connectivity index (χ4n) is 1.64. The third kappa shape index (κ3) is 3.78. The summed E-state index contributed by atoms with van der Waals surface area (Å²) < 4.78 is 11.7. The molecule has 19 heavy (non-hydrogen) atoms. The van der Waals surface area contributed by atoms with Gasteiger partial charge in [-0.15, -0.1) is 0 Å². The number of benzene rings is 1. The Labute approximate surface area is 121 Å². The van der Waals surface area contributed by atoms with Crippen molar-refractivity contribution in [1.82, 2.24) is 4.98 Å². The summed E-state index contributed by atoms with van der Waals surface area (Å²) in [5, 5.41) is 0. The number of aromatic nitrogens is 1. The van der Waals surface area contributed by atoms with Crippen molar-refractivity contribution in [3.63, 3.8) is 0 Å². The molecule has 0 bridgehead atoms. The monoisotopic (exact) mass is 321 g/mol. The van der Waals surface area contributed by atoms with Gasteiger partial charge in [-0.3, -0.25) is 0 Å². The van der Waals surface area contributed by atoms with Gasteiger partial charge in [0.05, 0.1) is 11.1 Å². The fourth-order valence-corrected chi connectivity index (χ4v) is 1.96. The van der Waals surface area contributed by atoms with Crippen molar-refractivity contribution in [1.29, 1.82) is 0 Å². The van der Waals surface area contributed by atoms with Crippen molar-refractivity contribution < 1.29 is 9.47 Å². The van der Waals surface area contributed by atoms with Gasteiger partial charge < -0.3 is 9.47 Å². The third-order valence-electron chi connectivity index (χ3n) is 2.78. The molecule has 1 aromatic heterocycles. The van der Waals surface area contributed by atoms with Gasteiger partial charge in [0.15, 0.2) is 0 Å². The first kappa shape index (κ1) is 14.0. The van der Waals surface area contributed by atoms with E-state index in [4.69, 9.17) is 9.47 Å². The molecule has 2 aromatic rings. The maximum atomic E-state index is 5.76. The lowest BCUT2D eigenvalue weighted by Crippen LogP contribution is -1.95. The molecule has 0 atom stereocenters. The number of ether oxygens (including phenoxy) is 2. The molecule has 2 rings (SSSR count). The fraction of sp³-hybridized carbons (Fsp3) is 0.267. The molecule has 0 amide bonds. The van der Waals surface area contributed by atoms with Crippen LogP contribution >= 0.6 is 15.9 Å². The summed E-state index contributed by atoms with van der Waals surface area (Å²) >= 11 is 3.48. The SMILES string of the molecule is COCCc1ccc(Oc2nccc(C)c2Br)cc1. The maximum absolute atomic E-state index is 5.76. The Morgan fingerprint density at radius 1 is 1.16 bits per heavy atom. The van der Waals surface area contributed by atoms with E-state index >= 15 is 0 Å². The van der Waals surface area contributed by atoms with Gasteiger partial charge in [-0.25, -0.2) is 4.98 Å². The Morgan fingerprint density at radius 2 is 1.89 bits per heavy atom. The van der Waals surface area contributed by atoms with E-state index in [-0.39, 0.29) is 0 Å². The van der Waals surface area contributed by atoms with E-state index in [1.165, 1.54) is 5.56 Å². The van der Waals surface area contributed by atoms with Crippen molar-refractivity contribution in [2.45, 2.75) is 13.3 Å². The van der Waals surface area contributed by atoms with Gasteiger partial charge in [-0.05, 0) is 58.6 Å². The summed E-state index contributed by atoms with van der Waals surface area (Å²) in [5.74, 6) is 1.37. The summed E-state index contributed by atoms with van der Waals surface area (Å²) in [4.78, 5) is 4.22. The topological polar surface area (TPSA) is 31.4 Å². The Kier molecular flexibility index (Phi) is 4.93. The van der Waals surface area contributed by atoms with Gasteiger partial charge in [0.2, 0.25) is 5.88 Å². The van der Waals surface area contributed by atoms with Gasteiger partial charge >= 0.3 is 0 Å². The molecular formula is C15H16BrNO2. The number of aryl methyl sites for hydroxylation is 1. The average molecular weight is 322 g/mol. The molecule has 100 valence electrons. The quantitative estimate of drug-likeness (QED) is 0.829. The second kappa shape index (κ2) is 6.68. The average Bonchev–Trinajstić information content (AvgIpc) is 2.43. The normalized spacial score (nSPS) is 10.5. The summed E-state index contributed by atoms with van der Waals surface area (Å²) in [6.07, 6.45) is 2.64. The molecule has 0 radical (unpaired) electrons. The smallest absolute Gasteiger partial charge is 0.233 e. The molecule has 3 nitrogen and oxygen atoms in total. The molecule has 0 aliphatic carbocycles. The van der Waals surface area contributed by atoms with Crippen LogP contribution in [0.25, 0.3) is 0 Å². The Morgan fingerprint density at radius 3 is 2.58 bits per heavy atom. The van der Waals surface area contributed by atoms with E-state index < -0.39 is 0 Å². The minimum atomic E-state index is 0.588. The zero-order valence-corrected chi connectivity index (χ0v) is 12.6. The van der Waals surface area contributed by atoms with Crippen LogP contribution < -0.4 is 4.74 Å². The zero-order chi connectivity index (χ0) is 13.7. The molecule has 0 fully saturated rings. The Balaban J connectivity index is 2.09. The molecule has 0 unspecified atom stereocenters. The van der Waals surface area contributed by atoms with E-state index in [9.17, 15) is 0 Å². The predicted molar refractivity (Wildman–Crippen MR) is 78.8 cm³/mol. The van der Waals surface area contributed by atoms with E-state index in [1.807, 2.05) is 37.3 Å². The highest BCUT2D eigenvalue weighted by atomic mass is 79.9. The molecule has 4 heteroatoms. The van der Waals surface area contributed by atoms with Crippen molar-refractivity contribution >= 4 is 15.9 Å². The van der Waals surface area contributed by atoms with Crippen LogP contribution in [0.5, 0.6) is 11.6 Å². The number of hydrogen-bond donors (Lipinski definition) is 0. The number of methoxy groups -OCH3 is 1. The second-order valence-electron chi connectivity index (χ2n) is 4.24. The van der Waals surface area contributed by atoms with Crippen LogP contribution in [0.15, 0.2) is 41.0 Å². The van der Waals surface area contributed by atoms with E-state index in [0.717, 1.165) is 28.8 Å². The lowest BCUT2D eigenvalue weighted by atomic mass is 10.1. The molecule has 0 spiro atoms. The van der Waals surface area contributed by atoms with Crippen LogP contribution in [0.3, 0.4) is 0 Å². The van der Waals surface area contributed by atoms with Gasteiger partial charge in [-0.2, -0.15) is 0 Å². The maximum Gasteiger partial charge on any atom is 0.233 e. The van der Waals surface area contributed by atoms with E-state index in [1.54, 1.807) is 13.3 Å². The predicted octanol–water partition coefficient (Wildman–Crippen LogP) is 4.13. The number of pyridine rings is 1. The summed E-state index contributed by atoms with van der Waals surface area (Å²) in [7, 11) is 1.71. The largest absolute Gasteiger partial charge is 0.438 e. The van der Waals surface area contributed by atoms with Crippen LogP contribution in [0.1, 0.15) is 11.1 Å². The van der Waals surface area contributed by atoms with Crippen molar-refractivity contribution in [3.05, 3.63) is 52.1 Å². The van der Waals surface area contributed by atoms with Gasteiger partial charge in [0, 0.05) is 13.3 Å². The first-order chi connectivity index (χ1) is 9.20. The van der Waals surface area contributed by atoms with Crippen molar-refractivity contribution in [2.75, 3.05) is 13.7 Å². The van der Waals surface area contributed by atoms with Crippen LogP contribution in [-0.2, 0) is 11.2 Å². The highest BCUT2D eigenvalue weighted by Crippen LogP contribution is 2.29. The summed E-state index contributed by atoms with van der Waals surface area (Å²) in [6.45, 7) is 2.73. The molecule has 0 saturated carbocycles. The molecule has 0 aliphatic rings. The Hall–Kier alpha value is -1.39. The van der Waals surface area contributed by atoms with Crippen molar-refractivity contribution in [3.8, 4) is 11.6 Å². The first-order valence-corrected chi connectivity index (χ1v) is 6.87. The molecule has 0 aliphatic heterocycles. The lowest BCUT2D eigenvalue weighted by molar-refractivity contribution is 0.202. The molecule has 0 saturated heterocycles. The zero-order valence-electron chi connectivity index (χ0n) is 11.0. The summed E-state index contributed by atoms with van der Waals surface area (Å²) in [6, 6.07) is 9.91. The first-order valence-electron chi connectivity index (χ1n) is 6.07. The summed E-state index contributed by atoms with van der Waals surface area (Å²) in [5.41, 5.74) is 2.33. The van der Waals surface area contributed by atoms with Crippen LogP contribution in [0.2, 0.25) is 0 Å². The minimum absolute atomic E-state index is 0.588. The van der Waals surface area contributed by atoms with Gasteiger partial charge in [0.1, 0.15) is 5.75 Å². The third-order valence-corrected chi connectivity index (χ3v) is 3.75. The molecule has 1 aromatic carbocycles. The standard InChI is InChI=1S/C15H16BrNO2/c1-11-7-9-17-15(14(11)16)19-13-5-3-12(4-6-13)8-10-18-2/h3-7,9H,8,10H2,1-2H3. The minimum Gasteiger partial charge on any atom is -0.438 e. The van der Waals surface area contributed by atoms with Gasteiger partial charge in [0.25, 0.3) is 0 Å². The number of rotatable bonds is 5. The Bertz CT molecular complexity index is 540. The number of halogens is 1. The van der Waals surface area contributed by atoms with Gasteiger partial charge in [-0.1, -0.05) is 12.1 Å². The molecule has 0 N–H and O–H groups in total. The highest BCUT2D eigenvalue weighted by Gasteiger charge is 2.06. The van der Waals surface area contributed by atoms with Crippen LogP contribution in [-0.4, -0.2) is 18.7 Å². The molecule has 1 heterocycles. The van der Waals surface area contributed by atoms with E-state index in [2.05, 4.69) is 20.9 Å². The van der Waals surface area contributed by atoms with E-state index in [0.29, 0.717) is 5.88 Å².